The molecule has 0 fully saturated rings. The molecule has 0 aliphatic carbocycles. The molecule has 0 amide bonds. The van der Waals surface area contributed by atoms with Crippen molar-refractivity contribution < 1.29 is 14.4 Å². The monoisotopic (exact) mass is 472 g/mol. The lowest BCUT2D eigenvalue weighted by Gasteiger charge is -2.06. The molecule has 4 aromatic rings. The second kappa shape index (κ2) is 8.95. The van der Waals surface area contributed by atoms with Gasteiger partial charge in [-0.3, -0.25) is 10.1 Å². The van der Waals surface area contributed by atoms with Gasteiger partial charge in [0.1, 0.15) is 0 Å². The zero-order valence-electron chi connectivity index (χ0n) is 18.5. The number of ether oxygens (including phenoxy) is 2. The maximum Gasteiger partial charge on any atom is 0.282 e. The van der Waals surface area contributed by atoms with Gasteiger partial charge in [0, 0.05) is 10.9 Å². The third-order valence-corrected chi connectivity index (χ3v) is 6.25. The molecule has 9 heteroatoms. The van der Waals surface area contributed by atoms with Gasteiger partial charge in [0.15, 0.2) is 11.5 Å². The van der Waals surface area contributed by atoms with Crippen LogP contribution in [0.2, 0.25) is 0 Å². The molecule has 0 saturated heterocycles. The second-order valence-corrected chi connectivity index (χ2v) is 8.54. The van der Waals surface area contributed by atoms with Gasteiger partial charge in [0.2, 0.25) is 11.6 Å². The molecule has 0 atom stereocenters. The maximum atomic E-state index is 11.7. The lowest BCUT2D eigenvalue weighted by Crippen LogP contribution is -2.12. The number of hydrogen-bond acceptors (Lipinski definition) is 7. The first-order valence-corrected chi connectivity index (χ1v) is 11.4. The average Bonchev–Trinajstić information content (AvgIpc) is 3.46. The van der Waals surface area contributed by atoms with Crippen molar-refractivity contribution in [3.8, 4) is 22.8 Å². The summed E-state index contributed by atoms with van der Waals surface area (Å²) in [5.74, 6) is 0.800. The summed E-state index contributed by atoms with van der Waals surface area (Å²) < 4.78 is 12.4. The topological polar surface area (TPSA) is 91.2 Å². The maximum absolute atomic E-state index is 11.7. The van der Waals surface area contributed by atoms with E-state index in [4.69, 9.17) is 14.5 Å². The molecule has 5 rings (SSSR count). The fourth-order valence-electron chi connectivity index (χ4n) is 3.70. The summed E-state index contributed by atoms with van der Waals surface area (Å²) in [4.78, 5) is 16.8. The van der Waals surface area contributed by atoms with E-state index in [1.165, 1.54) is 23.6 Å². The molecule has 1 aromatic heterocycles. The Morgan fingerprint density at radius 1 is 1.03 bits per heavy atom. The zero-order valence-corrected chi connectivity index (χ0v) is 19.3. The molecule has 170 valence electrons. The third-order valence-electron chi connectivity index (χ3n) is 5.43. The van der Waals surface area contributed by atoms with Gasteiger partial charge in [-0.2, -0.15) is 5.10 Å². The van der Waals surface area contributed by atoms with Crippen LogP contribution in [0.1, 0.15) is 16.7 Å². The van der Waals surface area contributed by atoms with E-state index in [2.05, 4.69) is 5.10 Å². The van der Waals surface area contributed by atoms with Gasteiger partial charge in [-0.25, -0.2) is 9.67 Å². The van der Waals surface area contributed by atoms with Crippen molar-refractivity contribution in [2.24, 2.45) is 10.1 Å². The van der Waals surface area contributed by atoms with E-state index >= 15 is 0 Å². The number of rotatable bonds is 5. The standard InChI is InChI=1S/C25H20N4O4S/c1-16-7-6-8-17(2)24(16)27-25-28(21(14-34-25)18-9-4-3-5-10-18)26-13-19-11-22-23(33-15-32-22)12-20(19)29(30)31/h3-14H,15H2,1-2H3. The number of fused-ring (bicyclic) bond motifs is 1. The predicted octanol–water partition coefficient (Wildman–Crippen LogP) is 5.58. The van der Waals surface area contributed by atoms with Crippen LogP contribution in [0.5, 0.6) is 11.5 Å². The van der Waals surface area contributed by atoms with E-state index in [1.54, 1.807) is 10.7 Å². The van der Waals surface area contributed by atoms with Crippen LogP contribution in [0, 0.1) is 24.0 Å². The van der Waals surface area contributed by atoms with E-state index in [9.17, 15) is 10.1 Å². The van der Waals surface area contributed by atoms with E-state index in [1.807, 2.05) is 67.8 Å². The number of aryl methyl sites for hydroxylation is 2. The second-order valence-electron chi connectivity index (χ2n) is 7.70. The van der Waals surface area contributed by atoms with Crippen LogP contribution in [-0.2, 0) is 0 Å². The van der Waals surface area contributed by atoms with Crippen molar-refractivity contribution in [1.82, 2.24) is 4.68 Å². The molecule has 2 heterocycles. The molecule has 1 aliphatic heterocycles. The first-order valence-electron chi connectivity index (χ1n) is 10.5. The number of nitrogens with zero attached hydrogens (tertiary/aromatic N) is 4. The number of hydrogen-bond donors (Lipinski definition) is 0. The first-order chi connectivity index (χ1) is 16.5. The van der Waals surface area contributed by atoms with Crippen LogP contribution in [0.15, 0.2) is 76.1 Å². The molecule has 0 spiro atoms. The largest absolute Gasteiger partial charge is 0.454 e. The lowest BCUT2D eigenvalue weighted by molar-refractivity contribution is -0.385. The third kappa shape index (κ3) is 4.08. The molecule has 8 nitrogen and oxygen atoms in total. The van der Waals surface area contributed by atoms with Gasteiger partial charge < -0.3 is 9.47 Å². The van der Waals surface area contributed by atoms with Crippen LogP contribution in [0.25, 0.3) is 11.3 Å². The summed E-state index contributed by atoms with van der Waals surface area (Å²) in [5, 5.41) is 18.3. The highest BCUT2D eigenvalue weighted by Crippen LogP contribution is 2.37. The summed E-state index contributed by atoms with van der Waals surface area (Å²) in [6, 6.07) is 18.8. The van der Waals surface area contributed by atoms with Crippen molar-refractivity contribution in [3.63, 3.8) is 0 Å². The summed E-state index contributed by atoms with van der Waals surface area (Å²) in [7, 11) is 0. The highest BCUT2D eigenvalue weighted by Gasteiger charge is 2.22. The number of thiazole rings is 1. The average molecular weight is 473 g/mol. The molecular weight excluding hydrogens is 452 g/mol. The Kier molecular flexibility index (Phi) is 5.69. The Bertz CT molecular complexity index is 1470. The van der Waals surface area contributed by atoms with Gasteiger partial charge in [-0.1, -0.05) is 48.5 Å². The minimum atomic E-state index is -0.457. The Morgan fingerprint density at radius 3 is 2.44 bits per heavy atom. The van der Waals surface area contributed by atoms with Gasteiger partial charge in [-0.15, -0.1) is 11.3 Å². The van der Waals surface area contributed by atoms with Crippen LogP contribution in [0.3, 0.4) is 0 Å². The summed E-state index contributed by atoms with van der Waals surface area (Å²) in [6.07, 6.45) is 1.46. The number of benzene rings is 3. The Balaban J connectivity index is 1.68. The minimum Gasteiger partial charge on any atom is -0.454 e. The van der Waals surface area contributed by atoms with Crippen molar-refractivity contribution in [2.75, 3.05) is 6.79 Å². The van der Waals surface area contributed by atoms with E-state index < -0.39 is 4.92 Å². The molecule has 0 saturated carbocycles. The fourth-order valence-corrected chi connectivity index (χ4v) is 4.54. The predicted molar refractivity (Wildman–Crippen MR) is 131 cm³/mol. The Hall–Kier alpha value is -4.24. The van der Waals surface area contributed by atoms with Gasteiger partial charge in [-0.05, 0) is 31.0 Å². The Morgan fingerprint density at radius 2 is 1.74 bits per heavy atom. The molecule has 1 aliphatic rings. The lowest BCUT2D eigenvalue weighted by atomic mass is 10.1. The highest BCUT2D eigenvalue weighted by molar-refractivity contribution is 7.07. The van der Waals surface area contributed by atoms with Crippen LogP contribution >= 0.6 is 11.3 Å². The fraction of sp³-hybridized carbons (Fsp3) is 0.120. The van der Waals surface area contributed by atoms with E-state index in [-0.39, 0.29) is 12.5 Å². The molecule has 0 unspecified atom stereocenters. The molecule has 0 radical (unpaired) electrons. The zero-order chi connectivity index (χ0) is 23.7. The molecule has 3 aromatic carbocycles. The molecule has 34 heavy (non-hydrogen) atoms. The van der Waals surface area contributed by atoms with Gasteiger partial charge in [0.25, 0.3) is 5.69 Å². The van der Waals surface area contributed by atoms with Crippen molar-refractivity contribution >= 4 is 28.9 Å². The van der Waals surface area contributed by atoms with Gasteiger partial charge >= 0.3 is 0 Å². The molecule has 0 N–H and O–H groups in total. The van der Waals surface area contributed by atoms with E-state index in [0.29, 0.717) is 21.9 Å². The number of para-hydroxylation sites is 1. The highest BCUT2D eigenvalue weighted by atomic mass is 32.1. The van der Waals surface area contributed by atoms with Crippen LogP contribution < -0.4 is 14.3 Å². The number of nitro groups is 1. The van der Waals surface area contributed by atoms with Crippen molar-refractivity contribution in [3.05, 3.63) is 97.6 Å². The normalized spacial score (nSPS) is 13.1. The smallest absolute Gasteiger partial charge is 0.282 e. The first kappa shape index (κ1) is 21.6. The number of aromatic nitrogens is 1. The van der Waals surface area contributed by atoms with Crippen molar-refractivity contribution in [1.29, 1.82) is 0 Å². The van der Waals surface area contributed by atoms with Crippen LogP contribution in [-0.4, -0.2) is 22.6 Å². The quantitative estimate of drug-likeness (QED) is 0.215. The van der Waals surface area contributed by atoms with Crippen molar-refractivity contribution in [2.45, 2.75) is 13.8 Å². The minimum absolute atomic E-state index is 0.0311. The Labute approximate surface area is 199 Å². The van der Waals surface area contributed by atoms with Crippen LogP contribution in [0.4, 0.5) is 11.4 Å². The van der Waals surface area contributed by atoms with Gasteiger partial charge in [0.05, 0.1) is 34.1 Å². The molecule has 0 bridgehead atoms. The summed E-state index contributed by atoms with van der Waals surface area (Å²) >= 11 is 1.45. The SMILES string of the molecule is Cc1cccc(C)c1N=c1scc(-c2ccccc2)n1N=Cc1cc2c(cc1[N+](=O)[O-])OCO2. The number of nitro benzene ring substituents is 1. The summed E-state index contributed by atoms with van der Waals surface area (Å²) in [5.41, 5.74) is 4.97. The summed E-state index contributed by atoms with van der Waals surface area (Å²) in [6.45, 7) is 4.06. The molecular formula is C25H20N4O4S. The van der Waals surface area contributed by atoms with E-state index in [0.717, 1.165) is 28.1 Å².